The van der Waals surface area contributed by atoms with Crippen molar-refractivity contribution in [2.75, 3.05) is 0 Å². The fourth-order valence-electron chi connectivity index (χ4n) is 3.09. The van der Waals surface area contributed by atoms with Gasteiger partial charge in [0.1, 0.15) is 5.82 Å². The zero-order valence-corrected chi connectivity index (χ0v) is 10.5. The van der Waals surface area contributed by atoms with Crippen molar-refractivity contribution in [1.29, 1.82) is 0 Å². The number of hydrogen-bond acceptors (Lipinski definition) is 1. The van der Waals surface area contributed by atoms with Crippen molar-refractivity contribution in [2.24, 2.45) is 5.92 Å². The molecule has 0 aliphatic heterocycles. The van der Waals surface area contributed by atoms with Crippen LogP contribution in [0, 0.1) is 11.7 Å². The van der Waals surface area contributed by atoms with E-state index in [1.54, 1.807) is 12.1 Å². The fourth-order valence-corrected chi connectivity index (χ4v) is 3.09. The minimum Gasteiger partial charge on any atom is -0.385 e. The SMILES string of the molecule is CCC(O)(c1ccccc1F)C1CCCCC1. The van der Waals surface area contributed by atoms with Gasteiger partial charge in [-0.3, -0.25) is 0 Å². The number of aliphatic hydroxyl groups is 1. The van der Waals surface area contributed by atoms with Gasteiger partial charge in [0.25, 0.3) is 0 Å². The Kier molecular flexibility index (Phi) is 3.82. The van der Waals surface area contributed by atoms with Gasteiger partial charge in [0.2, 0.25) is 0 Å². The van der Waals surface area contributed by atoms with Crippen LogP contribution in [0.25, 0.3) is 0 Å². The molecule has 1 nitrogen and oxygen atoms in total. The minimum absolute atomic E-state index is 0.207. The Bertz CT molecular complexity index is 371. The average Bonchev–Trinajstić information content (AvgIpc) is 2.39. The van der Waals surface area contributed by atoms with Gasteiger partial charge in [-0.1, -0.05) is 44.4 Å². The summed E-state index contributed by atoms with van der Waals surface area (Å²) in [6.45, 7) is 1.95. The van der Waals surface area contributed by atoms with Crippen LogP contribution in [-0.4, -0.2) is 5.11 Å². The van der Waals surface area contributed by atoms with E-state index >= 15 is 0 Å². The molecule has 1 fully saturated rings. The van der Waals surface area contributed by atoms with Crippen LogP contribution in [0.15, 0.2) is 24.3 Å². The lowest BCUT2D eigenvalue weighted by molar-refractivity contribution is -0.0448. The minimum atomic E-state index is -0.980. The monoisotopic (exact) mass is 236 g/mol. The highest BCUT2D eigenvalue weighted by Gasteiger charge is 2.38. The maximum atomic E-state index is 13.9. The van der Waals surface area contributed by atoms with E-state index in [9.17, 15) is 9.50 Å². The van der Waals surface area contributed by atoms with Crippen LogP contribution >= 0.6 is 0 Å². The molecule has 17 heavy (non-hydrogen) atoms. The van der Waals surface area contributed by atoms with E-state index in [1.807, 2.05) is 13.0 Å². The molecule has 1 aromatic carbocycles. The third kappa shape index (κ3) is 2.37. The van der Waals surface area contributed by atoms with Crippen LogP contribution in [0.3, 0.4) is 0 Å². The van der Waals surface area contributed by atoms with Gasteiger partial charge >= 0.3 is 0 Å². The molecule has 1 atom stereocenters. The molecule has 0 heterocycles. The van der Waals surface area contributed by atoms with Crippen LogP contribution in [0.1, 0.15) is 51.0 Å². The van der Waals surface area contributed by atoms with Gasteiger partial charge in [-0.2, -0.15) is 0 Å². The number of rotatable bonds is 3. The normalized spacial score (nSPS) is 21.1. The predicted octanol–water partition coefficient (Wildman–Crippen LogP) is 4.00. The largest absolute Gasteiger partial charge is 0.385 e. The summed E-state index contributed by atoms with van der Waals surface area (Å²) < 4.78 is 13.9. The lowest BCUT2D eigenvalue weighted by atomic mass is 9.72. The smallest absolute Gasteiger partial charge is 0.129 e. The Morgan fingerprint density at radius 1 is 1.24 bits per heavy atom. The van der Waals surface area contributed by atoms with Crippen molar-refractivity contribution in [2.45, 2.75) is 51.0 Å². The molecule has 0 radical (unpaired) electrons. The first kappa shape index (κ1) is 12.6. The number of benzene rings is 1. The molecule has 2 rings (SSSR count). The summed E-state index contributed by atoms with van der Waals surface area (Å²) in [7, 11) is 0. The topological polar surface area (TPSA) is 20.2 Å². The molecule has 0 spiro atoms. The van der Waals surface area contributed by atoms with Gasteiger partial charge in [-0.15, -0.1) is 0 Å². The summed E-state index contributed by atoms with van der Waals surface area (Å²) in [6.07, 6.45) is 6.16. The second-order valence-electron chi connectivity index (χ2n) is 5.09. The molecule has 94 valence electrons. The quantitative estimate of drug-likeness (QED) is 0.841. The molecule has 2 heteroatoms. The average molecular weight is 236 g/mol. The van der Waals surface area contributed by atoms with E-state index < -0.39 is 5.60 Å². The fraction of sp³-hybridized carbons (Fsp3) is 0.600. The molecule has 0 saturated heterocycles. The Labute approximate surface area is 103 Å². The lowest BCUT2D eigenvalue weighted by Crippen LogP contribution is -2.36. The van der Waals surface area contributed by atoms with Gasteiger partial charge in [0, 0.05) is 5.56 Å². The molecule has 1 aliphatic carbocycles. The highest BCUT2D eigenvalue weighted by Crippen LogP contribution is 2.42. The van der Waals surface area contributed by atoms with E-state index in [0.29, 0.717) is 12.0 Å². The summed E-state index contributed by atoms with van der Waals surface area (Å²) >= 11 is 0. The summed E-state index contributed by atoms with van der Waals surface area (Å²) in [5, 5.41) is 10.9. The van der Waals surface area contributed by atoms with E-state index in [-0.39, 0.29) is 11.7 Å². The first-order chi connectivity index (χ1) is 8.18. The Morgan fingerprint density at radius 3 is 2.47 bits per heavy atom. The lowest BCUT2D eigenvalue weighted by Gasteiger charge is -2.38. The standard InChI is InChI=1S/C15H21FO/c1-2-15(17,12-8-4-3-5-9-12)13-10-6-7-11-14(13)16/h6-7,10-12,17H,2-5,8-9H2,1H3. The molecule has 1 aromatic rings. The Hall–Kier alpha value is -0.890. The van der Waals surface area contributed by atoms with E-state index in [1.165, 1.54) is 12.5 Å². The second kappa shape index (κ2) is 5.18. The molecular weight excluding hydrogens is 215 g/mol. The highest BCUT2D eigenvalue weighted by atomic mass is 19.1. The molecule has 0 aromatic heterocycles. The molecule has 0 bridgehead atoms. The number of hydrogen-bond donors (Lipinski definition) is 1. The van der Waals surface area contributed by atoms with Crippen LogP contribution in [-0.2, 0) is 5.60 Å². The maximum absolute atomic E-state index is 13.9. The van der Waals surface area contributed by atoms with Crippen molar-refractivity contribution >= 4 is 0 Å². The van der Waals surface area contributed by atoms with Crippen LogP contribution in [0.4, 0.5) is 4.39 Å². The van der Waals surface area contributed by atoms with E-state index in [2.05, 4.69) is 0 Å². The molecular formula is C15H21FO. The van der Waals surface area contributed by atoms with Crippen molar-refractivity contribution in [1.82, 2.24) is 0 Å². The van der Waals surface area contributed by atoms with Crippen molar-refractivity contribution < 1.29 is 9.50 Å². The second-order valence-corrected chi connectivity index (χ2v) is 5.09. The zero-order valence-electron chi connectivity index (χ0n) is 10.5. The predicted molar refractivity (Wildman–Crippen MR) is 67.2 cm³/mol. The first-order valence-corrected chi connectivity index (χ1v) is 6.66. The van der Waals surface area contributed by atoms with Crippen molar-refractivity contribution in [3.63, 3.8) is 0 Å². The summed E-state index contributed by atoms with van der Waals surface area (Å²) in [4.78, 5) is 0. The third-order valence-corrected chi connectivity index (χ3v) is 4.16. The van der Waals surface area contributed by atoms with Crippen LogP contribution < -0.4 is 0 Å². The van der Waals surface area contributed by atoms with Crippen LogP contribution in [0.5, 0.6) is 0 Å². The molecule has 1 N–H and O–H groups in total. The summed E-state index contributed by atoms with van der Waals surface area (Å²) in [5.74, 6) is -0.0689. The van der Waals surface area contributed by atoms with Gasteiger partial charge in [-0.05, 0) is 31.2 Å². The highest BCUT2D eigenvalue weighted by molar-refractivity contribution is 5.25. The van der Waals surface area contributed by atoms with Crippen LogP contribution in [0.2, 0.25) is 0 Å². The van der Waals surface area contributed by atoms with Gasteiger partial charge in [0.05, 0.1) is 5.60 Å². The summed E-state index contributed by atoms with van der Waals surface area (Å²) in [5.41, 5.74) is -0.499. The third-order valence-electron chi connectivity index (χ3n) is 4.16. The molecule has 1 saturated carbocycles. The Balaban J connectivity index is 2.32. The zero-order chi connectivity index (χ0) is 12.3. The maximum Gasteiger partial charge on any atom is 0.129 e. The number of halogens is 1. The molecule has 1 unspecified atom stereocenters. The van der Waals surface area contributed by atoms with Gasteiger partial charge in [-0.25, -0.2) is 4.39 Å². The molecule has 1 aliphatic rings. The van der Waals surface area contributed by atoms with Gasteiger partial charge < -0.3 is 5.11 Å². The van der Waals surface area contributed by atoms with Gasteiger partial charge in [0.15, 0.2) is 0 Å². The van der Waals surface area contributed by atoms with Crippen molar-refractivity contribution in [3.8, 4) is 0 Å². The van der Waals surface area contributed by atoms with Crippen molar-refractivity contribution in [3.05, 3.63) is 35.6 Å². The summed E-state index contributed by atoms with van der Waals surface area (Å²) in [6, 6.07) is 6.66. The first-order valence-electron chi connectivity index (χ1n) is 6.66. The Morgan fingerprint density at radius 2 is 1.88 bits per heavy atom. The van der Waals surface area contributed by atoms with E-state index in [4.69, 9.17) is 0 Å². The van der Waals surface area contributed by atoms with E-state index in [0.717, 1.165) is 25.7 Å². The molecule has 0 amide bonds.